The van der Waals surface area contributed by atoms with Crippen LogP contribution in [0.15, 0.2) is 0 Å². The summed E-state index contributed by atoms with van der Waals surface area (Å²) in [4.78, 5) is 2.67. The van der Waals surface area contributed by atoms with Gasteiger partial charge in [-0.2, -0.15) is 11.8 Å². The summed E-state index contributed by atoms with van der Waals surface area (Å²) in [5, 5.41) is 0.685. The minimum absolute atomic E-state index is 0.273. The topological polar surface area (TPSA) is 29.3 Å². The lowest BCUT2D eigenvalue weighted by molar-refractivity contribution is 0.0815. The Labute approximate surface area is 105 Å². The molecule has 0 radical (unpaired) electrons. The van der Waals surface area contributed by atoms with Crippen molar-refractivity contribution in [3.05, 3.63) is 0 Å². The monoisotopic (exact) mass is 244 g/mol. The van der Waals surface area contributed by atoms with E-state index in [4.69, 9.17) is 5.73 Å². The molecule has 1 rings (SSSR count). The van der Waals surface area contributed by atoms with Crippen molar-refractivity contribution in [2.24, 2.45) is 5.73 Å². The highest BCUT2D eigenvalue weighted by atomic mass is 32.2. The molecule has 3 heteroatoms. The molecule has 0 aliphatic carbocycles. The predicted molar refractivity (Wildman–Crippen MR) is 75.1 cm³/mol. The molecule has 2 unspecified atom stereocenters. The second-order valence-corrected chi connectivity index (χ2v) is 6.36. The van der Waals surface area contributed by atoms with Crippen molar-refractivity contribution in [1.29, 1.82) is 0 Å². The summed E-state index contributed by atoms with van der Waals surface area (Å²) in [6.07, 6.45) is 5.09. The number of thioether (sulfide) groups is 1. The minimum Gasteiger partial charge on any atom is -0.329 e. The van der Waals surface area contributed by atoms with Crippen LogP contribution in [0.25, 0.3) is 0 Å². The molecule has 1 aliphatic heterocycles. The Kier molecular flexibility index (Phi) is 6.16. The summed E-state index contributed by atoms with van der Waals surface area (Å²) < 4.78 is 0. The van der Waals surface area contributed by atoms with E-state index in [0.717, 1.165) is 6.54 Å². The highest BCUT2D eigenvalue weighted by molar-refractivity contribution is 8.00. The first-order valence-electron chi connectivity index (χ1n) is 6.78. The van der Waals surface area contributed by atoms with Crippen molar-refractivity contribution in [3.8, 4) is 0 Å². The largest absolute Gasteiger partial charge is 0.329 e. The maximum atomic E-state index is 6.14. The highest BCUT2D eigenvalue weighted by Crippen LogP contribution is 2.38. The van der Waals surface area contributed by atoms with Crippen LogP contribution in [0.3, 0.4) is 0 Å². The van der Waals surface area contributed by atoms with Crippen LogP contribution in [0.5, 0.6) is 0 Å². The maximum Gasteiger partial charge on any atom is 0.0447 e. The predicted octanol–water partition coefficient (Wildman–Crippen LogP) is 2.72. The molecular weight excluding hydrogens is 216 g/mol. The molecule has 1 heterocycles. The van der Waals surface area contributed by atoms with Crippen LogP contribution >= 0.6 is 11.8 Å². The van der Waals surface area contributed by atoms with Crippen LogP contribution < -0.4 is 5.73 Å². The van der Waals surface area contributed by atoms with Crippen molar-refractivity contribution >= 4 is 11.8 Å². The summed E-state index contributed by atoms with van der Waals surface area (Å²) in [6, 6.07) is 0. The second kappa shape index (κ2) is 6.87. The zero-order chi connectivity index (χ0) is 12.0. The summed E-state index contributed by atoms with van der Waals surface area (Å²) in [7, 11) is 0. The average molecular weight is 244 g/mol. The summed E-state index contributed by atoms with van der Waals surface area (Å²) in [5.41, 5.74) is 6.41. The number of hydrogen-bond donors (Lipinski definition) is 1. The molecule has 0 amide bonds. The molecule has 0 aromatic carbocycles. The lowest BCUT2D eigenvalue weighted by Gasteiger charge is -2.49. The van der Waals surface area contributed by atoms with Crippen LogP contribution in [-0.4, -0.2) is 41.1 Å². The normalized spacial score (nSPS) is 30.9. The van der Waals surface area contributed by atoms with E-state index in [1.165, 1.54) is 44.5 Å². The fraction of sp³-hybridized carbons (Fsp3) is 1.00. The number of rotatable bonds is 6. The Bertz CT molecular complexity index is 192. The molecule has 0 aromatic rings. The Balaban J connectivity index is 2.79. The van der Waals surface area contributed by atoms with Gasteiger partial charge >= 0.3 is 0 Å². The lowest BCUT2D eigenvalue weighted by Crippen LogP contribution is -2.61. The van der Waals surface area contributed by atoms with Crippen molar-refractivity contribution < 1.29 is 0 Å². The SMILES string of the molecule is CCCN(CCC)C1(CN)CCCSC1C. The van der Waals surface area contributed by atoms with Gasteiger partial charge < -0.3 is 5.73 Å². The van der Waals surface area contributed by atoms with Gasteiger partial charge in [0, 0.05) is 17.3 Å². The third kappa shape index (κ3) is 2.93. The standard InChI is InChI=1S/C13H28N2S/c1-4-8-15(9-5-2)13(11-14)7-6-10-16-12(13)3/h12H,4-11,14H2,1-3H3. The van der Waals surface area contributed by atoms with Gasteiger partial charge in [-0.1, -0.05) is 20.8 Å². The average Bonchev–Trinajstić information content (AvgIpc) is 2.30. The molecule has 16 heavy (non-hydrogen) atoms. The molecule has 0 aromatic heterocycles. The van der Waals surface area contributed by atoms with Gasteiger partial charge in [-0.25, -0.2) is 0 Å². The molecule has 96 valence electrons. The first-order valence-corrected chi connectivity index (χ1v) is 7.82. The van der Waals surface area contributed by atoms with Gasteiger partial charge in [0.25, 0.3) is 0 Å². The van der Waals surface area contributed by atoms with Gasteiger partial charge in [0.2, 0.25) is 0 Å². The van der Waals surface area contributed by atoms with E-state index in [1.807, 2.05) is 0 Å². The van der Waals surface area contributed by atoms with E-state index in [2.05, 4.69) is 37.4 Å². The fourth-order valence-electron chi connectivity index (χ4n) is 2.91. The molecule has 2 nitrogen and oxygen atoms in total. The van der Waals surface area contributed by atoms with E-state index in [-0.39, 0.29) is 5.54 Å². The molecule has 0 spiro atoms. The van der Waals surface area contributed by atoms with Crippen LogP contribution in [0.4, 0.5) is 0 Å². The first kappa shape index (κ1) is 14.3. The van der Waals surface area contributed by atoms with Gasteiger partial charge in [0.05, 0.1) is 0 Å². The van der Waals surface area contributed by atoms with Crippen molar-refractivity contribution in [2.75, 3.05) is 25.4 Å². The second-order valence-electron chi connectivity index (χ2n) is 4.91. The molecule has 0 bridgehead atoms. The van der Waals surface area contributed by atoms with Crippen molar-refractivity contribution in [1.82, 2.24) is 4.90 Å². The Morgan fingerprint density at radius 3 is 2.38 bits per heavy atom. The zero-order valence-electron chi connectivity index (χ0n) is 11.2. The third-order valence-electron chi connectivity index (χ3n) is 3.85. The van der Waals surface area contributed by atoms with Crippen molar-refractivity contribution in [3.63, 3.8) is 0 Å². The summed E-state index contributed by atoms with van der Waals surface area (Å²) >= 11 is 2.11. The number of nitrogens with two attached hydrogens (primary N) is 1. The van der Waals surface area contributed by atoms with E-state index >= 15 is 0 Å². The Hall–Kier alpha value is 0.270. The van der Waals surface area contributed by atoms with Crippen LogP contribution in [0.1, 0.15) is 46.5 Å². The fourth-order valence-corrected chi connectivity index (χ4v) is 4.24. The maximum absolute atomic E-state index is 6.14. The van der Waals surface area contributed by atoms with Gasteiger partial charge in [0.1, 0.15) is 0 Å². The number of hydrogen-bond acceptors (Lipinski definition) is 3. The molecular formula is C13H28N2S. The minimum atomic E-state index is 0.273. The Morgan fingerprint density at radius 1 is 1.31 bits per heavy atom. The van der Waals surface area contributed by atoms with Crippen molar-refractivity contribution in [2.45, 2.75) is 57.2 Å². The molecule has 1 saturated heterocycles. The Morgan fingerprint density at radius 2 is 1.94 bits per heavy atom. The van der Waals surface area contributed by atoms with Crippen LogP contribution in [0, 0.1) is 0 Å². The summed E-state index contributed by atoms with van der Waals surface area (Å²) in [6.45, 7) is 10.1. The quantitative estimate of drug-likeness (QED) is 0.779. The van der Waals surface area contributed by atoms with Gasteiger partial charge in [-0.05, 0) is 44.5 Å². The highest BCUT2D eigenvalue weighted by Gasteiger charge is 2.41. The molecule has 2 N–H and O–H groups in total. The van der Waals surface area contributed by atoms with E-state index in [0.29, 0.717) is 5.25 Å². The number of nitrogens with zero attached hydrogens (tertiary/aromatic N) is 1. The molecule has 1 fully saturated rings. The molecule has 1 aliphatic rings. The first-order chi connectivity index (χ1) is 7.71. The summed E-state index contributed by atoms with van der Waals surface area (Å²) in [5.74, 6) is 1.31. The lowest BCUT2D eigenvalue weighted by atomic mass is 9.87. The van der Waals surface area contributed by atoms with Gasteiger partial charge in [-0.15, -0.1) is 0 Å². The van der Waals surface area contributed by atoms with E-state index in [9.17, 15) is 0 Å². The zero-order valence-corrected chi connectivity index (χ0v) is 12.0. The third-order valence-corrected chi connectivity index (χ3v) is 5.31. The van der Waals surface area contributed by atoms with Crippen LogP contribution in [-0.2, 0) is 0 Å². The van der Waals surface area contributed by atoms with E-state index < -0.39 is 0 Å². The van der Waals surface area contributed by atoms with Gasteiger partial charge in [-0.3, -0.25) is 4.90 Å². The smallest absolute Gasteiger partial charge is 0.0447 e. The molecule has 2 atom stereocenters. The molecule has 0 saturated carbocycles. The van der Waals surface area contributed by atoms with Crippen LogP contribution in [0.2, 0.25) is 0 Å². The van der Waals surface area contributed by atoms with E-state index in [1.54, 1.807) is 0 Å². The van der Waals surface area contributed by atoms with Gasteiger partial charge in [0.15, 0.2) is 0 Å².